The lowest BCUT2D eigenvalue weighted by Gasteiger charge is -2.29. The van der Waals surface area contributed by atoms with Gasteiger partial charge in [0.25, 0.3) is 0 Å². The molecule has 128 valence electrons. The molecule has 0 bridgehead atoms. The van der Waals surface area contributed by atoms with Crippen LogP contribution in [0.3, 0.4) is 0 Å². The zero-order valence-corrected chi connectivity index (χ0v) is 14.5. The average molecular weight is 346 g/mol. The number of hydrogen-bond donors (Lipinski definition) is 1. The molecule has 0 amide bonds. The Balaban J connectivity index is 1.74. The van der Waals surface area contributed by atoms with Gasteiger partial charge in [0.1, 0.15) is 11.5 Å². The predicted molar refractivity (Wildman–Crippen MR) is 93.7 cm³/mol. The highest BCUT2D eigenvalue weighted by Crippen LogP contribution is 2.26. The number of piperidine rings is 1. The lowest BCUT2D eigenvalue weighted by Crippen LogP contribution is -2.42. The van der Waals surface area contributed by atoms with E-state index in [4.69, 9.17) is 10.5 Å². The van der Waals surface area contributed by atoms with Crippen LogP contribution in [0.25, 0.3) is 0 Å². The van der Waals surface area contributed by atoms with E-state index in [0.29, 0.717) is 31.7 Å². The van der Waals surface area contributed by atoms with E-state index in [1.807, 2.05) is 31.2 Å². The van der Waals surface area contributed by atoms with Gasteiger partial charge in [0.05, 0.1) is 4.90 Å². The van der Waals surface area contributed by atoms with Gasteiger partial charge in [0.15, 0.2) is 0 Å². The number of nitrogens with zero attached hydrogens (tertiary/aromatic N) is 1. The Labute approximate surface area is 143 Å². The van der Waals surface area contributed by atoms with E-state index >= 15 is 0 Å². The smallest absolute Gasteiger partial charge is 0.243 e. The third kappa shape index (κ3) is 3.77. The van der Waals surface area contributed by atoms with Crippen molar-refractivity contribution in [2.75, 3.05) is 13.1 Å². The normalized spacial score (nSPS) is 16.9. The highest BCUT2D eigenvalue weighted by molar-refractivity contribution is 7.89. The van der Waals surface area contributed by atoms with Crippen molar-refractivity contribution in [1.82, 2.24) is 4.31 Å². The predicted octanol–water partition coefficient (Wildman–Crippen LogP) is 2.90. The maximum absolute atomic E-state index is 12.7. The molecule has 1 aliphatic rings. The number of benzene rings is 2. The second-order valence-electron chi connectivity index (χ2n) is 6.13. The third-order valence-electron chi connectivity index (χ3n) is 4.19. The van der Waals surface area contributed by atoms with Crippen molar-refractivity contribution in [3.63, 3.8) is 0 Å². The van der Waals surface area contributed by atoms with Gasteiger partial charge in [-0.15, -0.1) is 0 Å². The molecular weight excluding hydrogens is 324 g/mol. The second-order valence-corrected chi connectivity index (χ2v) is 8.07. The van der Waals surface area contributed by atoms with Gasteiger partial charge >= 0.3 is 0 Å². The molecule has 1 saturated heterocycles. The van der Waals surface area contributed by atoms with Gasteiger partial charge < -0.3 is 10.5 Å². The second kappa shape index (κ2) is 6.93. The number of ether oxygens (including phenoxy) is 1. The van der Waals surface area contributed by atoms with Crippen LogP contribution in [0.4, 0.5) is 0 Å². The molecule has 24 heavy (non-hydrogen) atoms. The first-order valence-electron chi connectivity index (χ1n) is 8.05. The van der Waals surface area contributed by atoms with Gasteiger partial charge in [0, 0.05) is 19.1 Å². The third-order valence-corrected chi connectivity index (χ3v) is 6.10. The van der Waals surface area contributed by atoms with Crippen molar-refractivity contribution >= 4 is 10.0 Å². The van der Waals surface area contributed by atoms with Crippen LogP contribution in [0.5, 0.6) is 11.5 Å². The van der Waals surface area contributed by atoms with E-state index in [9.17, 15) is 8.42 Å². The first-order chi connectivity index (χ1) is 11.4. The zero-order chi connectivity index (χ0) is 17.2. The van der Waals surface area contributed by atoms with Crippen LogP contribution in [-0.4, -0.2) is 31.9 Å². The summed E-state index contributed by atoms with van der Waals surface area (Å²) < 4.78 is 32.6. The summed E-state index contributed by atoms with van der Waals surface area (Å²) in [4.78, 5) is 0.287. The molecule has 0 radical (unpaired) electrons. The molecule has 0 atom stereocenters. The van der Waals surface area contributed by atoms with E-state index in [1.54, 1.807) is 24.3 Å². The first-order valence-corrected chi connectivity index (χ1v) is 9.49. The van der Waals surface area contributed by atoms with E-state index in [2.05, 4.69) is 0 Å². The standard InChI is InChI=1S/C18H22N2O3S/c1-14-3-2-4-17(13-14)23-16-5-7-18(8-6-16)24(21,22)20-11-9-15(19)10-12-20/h2-8,13,15H,9-12,19H2,1H3. The van der Waals surface area contributed by atoms with Gasteiger partial charge in [-0.2, -0.15) is 4.31 Å². The van der Waals surface area contributed by atoms with Crippen molar-refractivity contribution in [3.05, 3.63) is 54.1 Å². The van der Waals surface area contributed by atoms with Crippen LogP contribution in [0, 0.1) is 6.92 Å². The molecule has 0 aliphatic carbocycles. The van der Waals surface area contributed by atoms with E-state index < -0.39 is 10.0 Å². The topological polar surface area (TPSA) is 72.6 Å². The number of nitrogens with two attached hydrogens (primary N) is 1. The van der Waals surface area contributed by atoms with E-state index in [0.717, 1.165) is 11.3 Å². The summed E-state index contributed by atoms with van der Waals surface area (Å²) >= 11 is 0. The summed E-state index contributed by atoms with van der Waals surface area (Å²) in [5, 5.41) is 0. The number of aryl methyl sites for hydroxylation is 1. The van der Waals surface area contributed by atoms with Crippen molar-refractivity contribution in [2.45, 2.75) is 30.7 Å². The van der Waals surface area contributed by atoms with Crippen LogP contribution in [-0.2, 0) is 10.0 Å². The summed E-state index contributed by atoms with van der Waals surface area (Å²) in [6.07, 6.45) is 1.40. The molecule has 0 saturated carbocycles. The molecule has 1 heterocycles. The van der Waals surface area contributed by atoms with Crippen LogP contribution >= 0.6 is 0 Å². The number of hydrogen-bond acceptors (Lipinski definition) is 4. The molecule has 3 rings (SSSR count). The van der Waals surface area contributed by atoms with Crippen molar-refractivity contribution < 1.29 is 13.2 Å². The average Bonchev–Trinajstić information content (AvgIpc) is 2.56. The van der Waals surface area contributed by atoms with Crippen LogP contribution in [0.1, 0.15) is 18.4 Å². The maximum atomic E-state index is 12.7. The van der Waals surface area contributed by atoms with Gasteiger partial charge in [-0.3, -0.25) is 0 Å². The first kappa shape index (κ1) is 17.0. The Morgan fingerprint density at radius 3 is 2.33 bits per heavy atom. The largest absolute Gasteiger partial charge is 0.457 e. The number of rotatable bonds is 4. The molecule has 0 spiro atoms. The Hall–Kier alpha value is -1.89. The summed E-state index contributed by atoms with van der Waals surface area (Å²) in [5.41, 5.74) is 6.95. The van der Waals surface area contributed by atoms with Crippen molar-refractivity contribution in [1.29, 1.82) is 0 Å². The Kier molecular flexibility index (Phi) is 4.89. The fraction of sp³-hybridized carbons (Fsp3) is 0.333. The molecule has 1 fully saturated rings. The molecule has 5 nitrogen and oxygen atoms in total. The van der Waals surface area contributed by atoms with Gasteiger partial charge in [-0.25, -0.2) is 8.42 Å². The molecule has 0 unspecified atom stereocenters. The van der Waals surface area contributed by atoms with Gasteiger partial charge in [-0.05, 0) is 61.7 Å². The SMILES string of the molecule is Cc1cccc(Oc2ccc(S(=O)(=O)N3CCC(N)CC3)cc2)c1. The minimum absolute atomic E-state index is 0.0987. The monoisotopic (exact) mass is 346 g/mol. The summed E-state index contributed by atoms with van der Waals surface area (Å²) in [6, 6.07) is 14.4. The summed E-state index contributed by atoms with van der Waals surface area (Å²) in [7, 11) is -3.46. The quantitative estimate of drug-likeness (QED) is 0.924. The molecule has 2 N–H and O–H groups in total. The fourth-order valence-corrected chi connectivity index (χ4v) is 4.23. The van der Waals surface area contributed by atoms with Crippen molar-refractivity contribution in [3.8, 4) is 11.5 Å². The molecular formula is C18H22N2O3S. The molecule has 2 aromatic rings. The Morgan fingerprint density at radius 2 is 1.71 bits per heavy atom. The molecule has 1 aliphatic heterocycles. The molecule has 0 aromatic heterocycles. The lowest BCUT2D eigenvalue weighted by molar-refractivity contribution is 0.320. The van der Waals surface area contributed by atoms with E-state index in [-0.39, 0.29) is 10.9 Å². The maximum Gasteiger partial charge on any atom is 0.243 e. The highest BCUT2D eigenvalue weighted by atomic mass is 32.2. The zero-order valence-electron chi connectivity index (χ0n) is 13.7. The van der Waals surface area contributed by atoms with Crippen LogP contribution in [0.2, 0.25) is 0 Å². The number of sulfonamides is 1. The minimum Gasteiger partial charge on any atom is -0.457 e. The highest BCUT2D eigenvalue weighted by Gasteiger charge is 2.28. The lowest BCUT2D eigenvalue weighted by atomic mass is 10.1. The Morgan fingerprint density at radius 1 is 1.04 bits per heavy atom. The molecule has 2 aromatic carbocycles. The minimum atomic E-state index is -3.46. The van der Waals surface area contributed by atoms with Gasteiger partial charge in [0.2, 0.25) is 10.0 Å². The Bertz CT molecular complexity index is 795. The van der Waals surface area contributed by atoms with E-state index in [1.165, 1.54) is 4.31 Å². The van der Waals surface area contributed by atoms with Crippen LogP contribution < -0.4 is 10.5 Å². The van der Waals surface area contributed by atoms with Crippen LogP contribution in [0.15, 0.2) is 53.4 Å². The van der Waals surface area contributed by atoms with Crippen molar-refractivity contribution in [2.24, 2.45) is 5.73 Å². The fourth-order valence-electron chi connectivity index (χ4n) is 2.76. The summed E-state index contributed by atoms with van der Waals surface area (Å²) in [6.45, 7) is 2.95. The summed E-state index contributed by atoms with van der Waals surface area (Å²) in [5.74, 6) is 1.34. The van der Waals surface area contributed by atoms with Gasteiger partial charge in [-0.1, -0.05) is 12.1 Å². The molecule has 6 heteroatoms.